The molecule has 114 valence electrons. The Morgan fingerprint density at radius 2 is 1.76 bits per heavy atom. The summed E-state index contributed by atoms with van der Waals surface area (Å²) in [6, 6.07) is 3.84. The summed E-state index contributed by atoms with van der Waals surface area (Å²) in [5, 5.41) is 11.5. The Hall–Kier alpha value is -2.05. The summed E-state index contributed by atoms with van der Waals surface area (Å²) in [5.74, 6) is -1.56. The van der Waals surface area contributed by atoms with Crippen molar-refractivity contribution in [1.29, 1.82) is 0 Å². The van der Waals surface area contributed by atoms with Crippen molar-refractivity contribution in [3.8, 4) is 0 Å². The van der Waals surface area contributed by atoms with Gasteiger partial charge in [0.2, 0.25) is 0 Å². The summed E-state index contributed by atoms with van der Waals surface area (Å²) >= 11 is 0. The monoisotopic (exact) mass is 301 g/mol. The maximum Gasteiger partial charge on any atom is 0.416 e. The summed E-state index contributed by atoms with van der Waals surface area (Å²) in [5.41, 5.74) is -1.52. The zero-order valence-electron chi connectivity index (χ0n) is 11.0. The minimum atomic E-state index is -4.45. The fourth-order valence-corrected chi connectivity index (χ4v) is 2.36. The Labute approximate surface area is 119 Å². The van der Waals surface area contributed by atoms with Crippen molar-refractivity contribution in [2.75, 3.05) is 0 Å². The van der Waals surface area contributed by atoms with E-state index in [9.17, 15) is 22.8 Å². The molecule has 0 aromatic heterocycles. The van der Waals surface area contributed by atoms with Crippen molar-refractivity contribution in [1.82, 2.24) is 5.32 Å². The zero-order chi connectivity index (χ0) is 15.7. The number of nitrogens with one attached hydrogen (secondary N) is 1. The number of halogens is 3. The normalized spacial score (nSPS) is 16.9. The van der Waals surface area contributed by atoms with Crippen LogP contribution in [0.4, 0.5) is 13.2 Å². The first-order valence-corrected chi connectivity index (χ1v) is 6.43. The number of carboxylic acids is 1. The molecule has 21 heavy (non-hydrogen) atoms. The molecule has 7 heteroatoms. The van der Waals surface area contributed by atoms with E-state index in [-0.39, 0.29) is 12.0 Å². The fraction of sp³-hybridized carbons (Fsp3) is 0.429. The van der Waals surface area contributed by atoms with Crippen molar-refractivity contribution in [2.45, 2.75) is 37.4 Å². The Bertz CT molecular complexity index is 548. The third kappa shape index (κ3) is 3.53. The van der Waals surface area contributed by atoms with Gasteiger partial charge in [0, 0.05) is 5.56 Å². The van der Waals surface area contributed by atoms with E-state index >= 15 is 0 Å². The first kappa shape index (κ1) is 15.3. The van der Waals surface area contributed by atoms with Gasteiger partial charge in [-0.05, 0) is 43.5 Å². The number of hydrogen-bond acceptors (Lipinski definition) is 2. The molecule has 0 bridgehead atoms. The van der Waals surface area contributed by atoms with Crippen LogP contribution in [0.5, 0.6) is 0 Å². The van der Waals surface area contributed by atoms with Crippen molar-refractivity contribution >= 4 is 11.9 Å². The van der Waals surface area contributed by atoms with E-state index in [4.69, 9.17) is 5.11 Å². The summed E-state index contributed by atoms with van der Waals surface area (Å²) in [7, 11) is 0. The average molecular weight is 301 g/mol. The number of benzene rings is 1. The number of rotatable bonds is 4. The lowest BCUT2D eigenvalue weighted by Gasteiger charge is -2.41. The van der Waals surface area contributed by atoms with E-state index < -0.39 is 29.2 Å². The van der Waals surface area contributed by atoms with Gasteiger partial charge in [0.05, 0.1) is 17.5 Å². The van der Waals surface area contributed by atoms with E-state index in [1.807, 2.05) is 0 Å². The molecular weight excluding hydrogens is 287 g/mol. The van der Waals surface area contributed by atoms with Gasteiger partial charge >= 0.3 is 12.1 Å². The van der Waals surface area contributed by atoms with Gasteiger partial charge < -0.3 is 10.4 Å². The van der Waals surface area contributed by atoms with Crippen molar-refractivity contribution in [2.24, 2.45) is 0 Å². The number of amides is 1. The second-order valence-corrected chi connectivity index (χ2v) is 5.23. The second-order valence-electron chi connectivity index (χ2n) is 5.23. The zero-order valence-corrected chi connectivity index (χ0v) is 11.0. The predicted molar refractivity (Wildman–Crippen MR) is 67.7 cm³/mol. The molecule has 1 aromatic rings. The highest BCUT2D eigenvalue weighted by Gasteiger charge is 2.40. The van der Waals surface area contributed by atoms with Crippen molar-refractivity contribution in [3.05, 3.63) is 35.4 Å². The molecule has 0 unspecified atom stereocenters. The Morgan fingerprint density at radius 1 is 1.19 bits per heavy atom. The molecule has 1 aliphatic rings. The standard InChI is InChI=1S/C14H14F3NO3/c15-14(16,17)10-4-2-9(3-5-10)12(21)18-13(6-1-7-13)8-11(19)20/h2-5H,1,6-8H2,(H,18,21)(H,19,20). The molecule has 1 aromatic carbocycles. The van der Waals surface area contributed by atoms with Crippen LogP contribution in [0, 0.1) is 0 Å². The highest BCUT2D eigenvalue weighted by atomic mass is 19.4. The number of aliphatic carboxylic acids is 1. The van der Waals surface area contributed by atoms with Crippen LogP contribution in [0.2, 0.25) is 0 Å². The SMILES string of the molecule is O=C(O)CC1(NC(=O)c2ccc(C(F)(F)F)cc2)CCC1. The number of hydrogen-bond donors (Lipinski definition) is 2. The van der Waals surface area contributed by atoms with Crippen LogP contribution in [-0.2, 0) is 11.0 Å². The average Bonchev–Trinajstić information content (AvgIpc) is 2.34. The van der Waals surface area contributed by atoms with Crippen molar-refractivity contribution in [3.63, 3.8) is 0 Å². The molecule has 0 radical (unpaired) electrons. The maximum absolute atomic E-state index is 12.4. The van der Waals surface area contributed by atoms with E-state index in [1.165, 1.54) is 0 Å². The van der Waals surface area contributed by atoms with E-state index in [0.29, 0.717) is 12.8 Å². The maximum atomic E-state index is 12.4. The van der Waals surface area contributed by atoms with Gasteiger partial charge in [-0.1, -0.05) is 0 Å². The van der Waals surface area contributed by atoms with Gasteiger partial charge in [0.1, 0.15) is 0 Å². The van der Waals surface area contributed by atoms with E-state index in [1.54, 1.807) is 0 Å². The molecule has 0 spiro atoms. The van der Waals surface area contributed by atoms with Gasteiger partial charge in [-0.3, -0.25) is 9.59 Å². The van der Waals surface area contributed by atoms with Crippen LogP contribution < -0.4 is 5.32 Å². The highest BCUT2D eigenvalue weighted by molar-refractivity contribution is 5.95. The number of carbonyl (C=O) groups is 2. The molecule has 1 amide bonds. The van der Waals surface area contributed by atoms with E-state index in [0.717, 1.165) is 30.7 Å². The molecule has 0 heterocycles. The molecule has 0 aliphatic heterocycles. The van der Waals surface area contributed by atoms with Gasteiger partial charge in [-0.2, -0.15) is 13.2 Å². The second kappa shape index (κ2) is 5.38. The summed E-state index contributed by atoms with van der Waals surface area (Å²) in [4.78, 5) is 22.8. The van der Waals surface area contributed by atoms with Crippen LogP contribution in [0.3, 0.4) is 0 Å². The molecule has 1 fully saturated rings. The highest BCUT2D eigenvalue weighted by Crippen LogP contribution is 2.35. The first-order valence-electron chi connectivity index (χ1n) is 6.43. The fourth-order valence-electron chi connectivity index (χ4n) is 2.36. The quantitative estimate of drug-likeness (QED) is 0.898. The van der Waals surface area contributed by atoms with Crippen LogP contribution in [0.1, 0.15) is 41.6 Å². The van der Waals surface area contributed by atoms with Gasteiger partial charge in [-0.15, -0.1) is 0 Å². The molecule has 0 atom stereocenters. The number of carboxylic acid groups (broad SMARTS) is 1. The van der Waals surface area contributed by atoms with E-state index in [2.05, 4.69) is 5.32 Å². The molecule has 0 saturated heterocycles. The van der Waals surface area contributed by atoms with Gasteiger partial charge in [0.25, 0.3) is 5.91 Å². The topological polar surface area (TPSA) is 66.4 Å². The van der Waals surface area contributed by atoms with Crippen LogP contribution >= 0.6 is 0 Å². The van der Waals surface area contributed by atoms with Gasteiger partial charge in [-0.25, -0.2) is 0 Å². The number of carbonyl (C=O) groups excluding carboxylic acids is 1. The van der Waals surface area contributed by atoms with Crippen LogP contribution in [-0.4, -0.2) is 22.5 Å². The number of alkyl halides is 3. The smallest absolute Gasteiger partial charge is 0.416 e. The van der Waals surface area contributed by atoms with Crippen molar-refractivity contribution < 1.29 is 27.9 Å². The Morgan fingerprint density at radius 3 is 2.14 bits per heavy atom. The summed E-state index contributed by atoms with van der Waals surface area (Å²) < 4.78 is 37.3. The molecular formula is C14H14F3NO3. The molecule has 2 N–H and O–H groups in total. The molecule has 1 saturated carbocycles. The lowest BCUT2D eigenvalue weighted by molar-refractivity contribution is -0.140. The van der Waals surface area contributed by atoms with Crippen LogP contribution in [0.25, 0.3) is 0 Å². The minimum absolute atomic E-state index is 0.0830. The Balaban J connectivity index is 2.08. The lowest BCUT2D eigenvalue weighted by atomic mass is 9.74. The molecule has 4 nitrogen and oxygen atoms in total. The minimum Gasteiger partial charge on any atom is -0.481 e. The van der Waals surface area contributed by atoms with Crippen LogP contribution in [0.15, 0.2) is 24.3 Å². The molecule has 2 rings (SSSR count). The summed E-state index contributed by atoms with van der Waals surface area (Å²) in [6.07, 6.45) is -2.69. The third-order valence-corrected chi connectivity index (χ3v) is 3.65. The first-order chi connectivity index (χ1) is 9.72. The predicted octanol–water partition coefficient (Wildman–Crippen LogP) is 2.83. The van der Waals surface area contributed by atoms with Gasteiger partial charge in [0.15, 0.2) is 0 Å². The Kier molecular flexibility index (Phi) is 3.93. The molecule has 1 aliphatic carbocycles. The largest absolute Gasteiger partial charge is 0.481 e. The summed E-state index contributed by atoms with van der Waals surface area (Å²) in [6.45, 7) is 0. The third-order valence-electron chi connectivity index (χ3n) is 3.65. The lowest BCUT2D eigenvalue weighted by Crippen LogP contribution is -2.54.